The van der Waals surface area contributed by atoms with Gasteiger partial charge < -0.3 is 15.3 Å². The van der Waals surface area contributed by atoms with Crippen molar-refractivity contribution in [1.82, 2.24) is 0 Å². The summed E-state index contributed by atoms with van der Waals surface area (Å²) in [6.07, 6.45) is 5.36. The number of hydrogen-bond donors (Lipinski definition) is 3. The molecule has 0 amide bonds. The molecule has 1 aliphatic heterocycles. The molecule has 1 fully saturated rings. The third-order valence-corrected chi connectivity index (χ3v) is 6.36. The molecule has 0 spiro atoms. The zero-order chi connectivity index (χ0) is 13.7. The molecule has 1 heterocycles. The standard InChI is InChI=1S/C12H18O3S3/c1-7(13)4-10-16-11(5-8(2)14)18-12(17-10)6-9(3)15/h4-6,10-15H,1-3H3. The zero-order valence-electron chi connectivity index (χ0n) is 10.5. The van der Waals surface area contributed by atoms with Crippen molar-refractivity contribution in [3.05, 3.63) is 35.5 Å². The van der Waals surface area contributed by atoms with Gasteiger partial charge >= 0.3 is 0 Å². The number of aliphatic hydroxyl groups excluding tert-OH is 3. The Bertz CT molecular complexity index is 302. The van der Waals surface area contributed by atoms with Crippen molar-refractivity contribution >= 4 is 35.3 Å². The van der Waals surface area contributed by atoms with Crippen LogP contribution in [0.3, 0.4) is 0 Å². The Morgan fingerprint density at radius 1 is 0.667 bits per heavy atom. The van der Waals surface area contributed by atoms with Crippen LogP contribution in [-0.2, 0) is 0 Å². The molecule has 1 saturated heterocycles. The lowest BCUT2D eigenvalue weighted by Crippen LogP contribution is -2.15. The van der Waals surface area contributed by atoms with Gasteiger partial charge in [-0.05, 0) is 39.0 Å². The third-order valence-electron chi connectivity index (χ3n) is 1.94. The normalized spacial score (nSPS) is 31.5. The Labute approximate surface area is 120 Å². The van der Waals surface area contributed by atoms with Gasteiger partial charge in [-0.15, -0.1) is 35.3 Å². The van der Waals surface area contributed by atoms with Crippen molar-refractivity contribution in [3.8, 4) is 0 Å². The Morgan fingerprint density at radius 3 is 1.06 bits per heavy atom. The quantitative estimate of drug-likeness (QED) is 0.664. The highest BCUT2D eigenvalue weighted by molar-refractivity contribution is 8.34. The molecule has 0 aromatic carbocycles. The summed E-state index contributed by atoms with van der Waals surface area (Å²) in [6, 6.07) is 0. The summed E-state index contributed by atoms with van der Waals surface area (Å²) in [4.78, 5) is 0. The van der Waals surface area contributed by atoms with Crippen molar-refractivity contribution in [1.29, 1.82) is 0 Å². The molecule has 0 bridgehead atoms. The molecule has 3 nitrogen and oxygen atoms in total. The van der Waals surface area contributed by atoms with Crippen molar-refractivity contribution in [2.24, 2.45) is 0 Å². The molecule has 0 aromatic heterocycles. The molecule has 3 N–H and O–H groups in total. The van der Waals surface area contributed by atoms with Crippen molar-refractivity contribution in [2.75, 3.05) is 0 Å². The van der Waals surface area contributed by atoms with E-state index in [2.05, 4.69) is 0 Å². The monoisotopic (exact) mass is 306 g/mol. The highest BCUT2D eigenvalue weighted by Crippen LogP contribution is 2.49. The summed E-state index contributed by atoms with van der Waals surface area (Å²) in [6.45, 7) is 4.94. The summed E-state index contributed by atoms with van der Waals surface area (Å²) in [5.41, 5.74) is 0. The van der Waals surface area contributed by atoms with Gasteiger partial charge in [-0.25, -0.2) is 0 Å². The summed E-state index contributed by atoms with van der Waals surface area (Å²) < 4.78 is 0.326. The van der Waals surface area contributed by atoms with Gasteiger partial charge in [0.2, 0.25) is 0 Å². The maximum atomic E-state index is 9.34. The van der Waals surface area contributed by atoms with Crippen molar-refractivity contribution in [2.45, 2.75) is 34.5 Å². The molecule has 18 heavy (non-hydrogen) atoms. The molecule has 0 atom stereocenters. The molecule has 0 unspecified atom stereocenters. The van der Waals surface area contributed by atoms with E-state index >= 15 is 0 Å². The van der Waals surface area contributed by atoms with E-state index in [4.69, 9.17) is 0 Å². The predicted molar refractivity (Wildman–Crippen MR) is 83.3 cm³/mol. The van der Waals surface area contributed by atoms with Gasteiger partial charge in [0.15, 0.2) is 0 Å². The van der Waals surface area contributed by atoms with E-state index in [1.165, 1.54) is 0 Å². The predicted octanol–water partition coefficient (Wildman–Crippen LogP) is 4.56. The summed E-state index contributed by atoms with van der Waals surface area (Å²) in [7, 11) is 0. The second kappa shape index (κ2) is 7.31. The molecule has 0 radical (unpaired) electrons. The van der Waals surface area contributed by atoms with Crippen molar-refractivity contribution < 1.29 is 15.3 Å². The number of allylic oxidation sites excluding steroid dienone is 3. The molecule has 6 heteroatoms. The SMILES string of the molecule is CC(O)=CC1SC(C=C(C)O)SC(C=C(C)O)S1. The minimum absolute atomic E-state index is 0.109. The average Bonchev–Trinajstić information content (AvgIpc) is 2.12. The number of aliphatic hydroxyl groups is 3. The van der Waals surface area contributed by atoms with Crippen LogP contribution in [0, 0.1) is 0 Å². The van der Waals surface area contributed by atoms with Crippen LogP contribution in [0.4, 0.5) is 0 Å². The lowest BCUT2D eigenvalue weighted by Gasteiger charge is -2.29. The van der Waals surface area contributed by atoms with Crippen LogP contribution in [0.2, 0.25) is 0 Å². The largest absolute Gasteiger partial charge is 0.513 e. The molecule has 1 aliphatic rings. The van der Waals surface area contributed by atoms with E-state index in [-0.39, 0.29) is 13.7 Å². The van der Waals surface area contributed by atoms with Gasteiger partial charge in [-0.1, -0.05) is 0 Å². The van der Waals surface area contributed by atoms with Crippen LogP contribution in [0.1, 0.15) is 20.8 Å². The fourth-order valence-corrected chi connectivity index (χ4v) is 7.32. The van der Waals surface area contributed by atoms with Gasteiger partial charge in [0.25, 0.3) is 0 Å². The summed E-state index contributed by atoms with van der Waals surface area (Å²) >= 11 is 4.98. The maximum Gasteiger partial charge on any atom is 0.0871 e. The van der Waals surface area contributed by atoms with Gasteiger partial charge in [0.05, 0.1) is 31.0 Å². The van der Waals surface area contributed by atoms with E-state index in [1.54, 1.807) is 74.3 Å². The summed E-state index contributed by atoms with van der Waals surface area (Å²) in [5.74, 6) is 0.872. The first-order chi connectivity index (χ1) is 8.36. The van der Waals surface area contributed by atoms with Crippen LogP contribution < -0.4 is 0 Å². The van der Waals surface area contributed by atoms with E-state index in [9.17, 15) is 15.3 Å². The van der Waals surface area contributed by atoms with Gasteiger partial charge in [-0.2, -0.15) is 0 Å². The average molecular weight is 306 g/mol. The fraction of sp³-hybridized carbons (Fsp3) is 0.500. The second-order valence-corrected chi connectivity index (χ2v) is 8.70. The lowest BCUT2D eigenvalue weighted by atomic mass is 10.5. The van der Waals surface area contributed by atoms with Crippen LogP contribution in [-0.4, -0.2) is 29.1 Å². The Kier molecular flexibility index (Phi) is 6.38. The van der Waals surface area contributed by atoms with Crippen LogP contribution in [0.5, 0.6) is 0 Å². The van der Waals surface area contributed by atoms with E-state index in [0.29, 0.717) is 17.3 Å². The number of rotatable bonds is 3. The first-order valence-corrected chi connectivity index (χ1v) is 8.28. The van der Waals surface area contributed by atoms with Gasteiger partial charge in [-0.3, -0.25) is 0 Å². The second-order valence-electron chi connectivity index (χ2n) is 3.94. The molecule has 1 rings (SSSR count). The Balaban J connectivity index is 2.82. The summed E-state index contributed by atoms with van der Waals surface area (Å²) in [5, 5.41) is 28.0. The lowest BCUT2D eigenvalue weighted by molar-refractivity contribution is 0.413. The minimum Gasteiger partial charge on any atom is -0.513 e. The van der Waals surface area contributed by atoms with E-state index in [0.717, 1.165) is 0 Å². The molecular weight excluding hydrogens is 288 g/mol. The van der Waals surface area contributed by atoms with Crippen molar-refractivity contribution in [3.63, 3.8) is 0 Å². The topological polar surface area (TPSA) is 60.7 Å². The van der Waals surface area contributed by atoms with E-state index in [1.807, 2.05) is 0 Å². The highest BCUT2D eigenvalue weighted by atomic mass is 32.3. The maximum absolute atomic E-state index is 9.34. The smallest absolute Gasteiger partial charge is 0.0871 e. The zero-order valence-corrected chi connectivity index (χ0v) is 13.0. The Hall–Kier alpha value is -0.330. The first kappa shape index (κ1) is 15.7. The molecular formula is C12H18O3S3. The number of hydrogen-bond acceptors (Lipinski definition) is 6. The third kappa shape index (κ3) is 6.02. The molecule has 0 aliphatic carbocycles. The van der Waals surface area contributed by atoms with Gasteiger partial charge in [0.1, 0.15) is 0 Å². The first-order valence-electron chi connectivity index (χ1n) is 5.45. The van der Waals surface area contributed by atoms with Crippen LogP contribution in [0.25, 0.3) is 0 Å². The van der Waals surface area contributed by atoms with E-state index < -0.39 is 0 Å². The fourth-order valence-electron chi connectivity index (χ4n) is 1.32. The Morgan fingerprint density at radius 2 is 0.889 bits per heavy atom. The molecule has 0 saturated carbocycles. The highest BCUT2D eigenvalue weighted by Gasteiger charge is 2.27. The van der Waals surface area contributed by atoms with Gasteiger partial charge in [0, 0.05) is 0 Å². The number of thioether (sulfide) groups is 3. The van der Waals surface area contributed by atoms with Crippen LogP contribution >= 0.6 is 35.3 Å². The van der Waals surface area contributed by atoms with Crippen LogP contribution in [0.15, 0.2) is 35.5 Å². The minimum atomic E-state index is 0.109. The molecule has 0 aromatic rings. The molecule has 102 valence electrons.